The van der Waals surface area contributed by atoms with Crippen LogP contribution in [0.3, 0.4) is 0 Å². The van der Waals surface area contributed by atoms with Crippen LogP contribution in [0.25, 0.3) is 11.1 Å². The Kier molecular flexibility index (Phi) is 6.45. The minimum atomic E-state index is -1.14. The molecule has 0 fully saturated rings. The predicted octanol–water partition coefficient (Wildman–Crippen LogP) is 6.15. The first-order valence-corrected chi connectivity index (χ1v) is 13.3. The van der Waals surface area contributed by atoms with Gasteiger partial charge in [0.2, 0.25) is 0 Å². The number of carbonyl (C=O) groups is 5. The van der Waals surface area contributed by atoms with Crippen LogP contribution >= 0.6 is 0 Å². The minimum Gasteiger partial charge on any atom is -0.478 e. The Morgan fingerprint density at radius 3 is 1.85 bits per heavy atom. The van der Waals surface area contributed by atoms with Gasteiger partial charge in [-0.1, -0.05) is 32.9 Å². The van der Waals surface area contributed by atoms with Crippen molar-refractivity contribution >= 4 is 35.3 Å². The standard InChI is InChI=1S/C32H30N2O6/c1-6-17(3)20-12-21(31(39)40)14-22(13-20)33-27(35)23-10-8-18(15-25(23)28(33)36)19-9-11-24-26(16-19)30(38)34(29(24)37)32(4,5)7-2/h8-17H,6-7H2,1-5H3,(H,39,40). The van der Waals surface area contributed by atoms with E-state index >= 15 is 0 Å². The highest BCUT2D eigenvalue weighted by atomic mass is 16.4. The number of rotatable bonds is 7. The molecule has 2 aliphatic rings. The van der Waals surface area contributed by atoms with E-state index in [9.17, 15) is 29.1 Å². The normalized spacial score (nSPS) is 15.5. The Morgan fingerprint density at radius 1 is 0.775 bits per heavy atom. The monoisotopic (exact) mass is 538 g/mol. The SMILES string of the molecule is CCC(C)c1cc(C(=O)O)cc(N2C(=O)c3ccc(-c4ccc5c(c4)C(=O)N(C(C)(C)CC)C5=O)cc3C2=O)c1. The molecule has 0 saturated carbocycles. The molecule has 3 aromatic rings. The van der Waals surface area contributed by atoms with E-state index in [0.29, 0.717) is 28.7 Å². The highest BCUT2D eigenvalue weighted by molar-refractivity contribution is 6.34. The quantitative estimate of drug-likeness (QED) is 0.361. The van der Waals surface area contributed by atoms with Crippen LogP contribution in [0.4, 0.5) is 5.69 Å². The molecule has 0 saturated heterocycles. The number of aromatic carboxylic acids is 1. The number of imide groups is 2. The maximum atomic E-state index is 13.5. The lowest BCUT2D eigenvalue weighted by atomic mass is 9.96. The molecule has 0 aliphatic carbocycles. The third kappa shape index (κ3) is 4.11. The summed E-state index contributed by atoms with van der Waals surface area (Å²) in [5.41, 5.74) is 2.58. The largest absolute Gasteiger partial charge is 0.478 e. The third-order valence-corrected chi connectivity index (χ3v) is 8.20. The molecule has 2 heterocycles. The van der Waals surface area contributed by atoms with Crippen LogP contribution in [0.2, 0.25) is 0 Å². The van der Waals surface area contributed by atoms with Crippen LogP contribution in [-0.2, 0) is 0 Å². The summed E-state index contributed by atoms with van der Waals surface area (Å²) < 4.78 is 0. The van der Waals surface area contributed by atoms with E-state index in [1.807, 2.05) is 34.6 Å². The molecule has 0 spiro atoms. The van der Waals surface area contributed by atoms with Gasteiger partial charge in [-0.15, -0.1) is 0 Å². The van der Waals surface area contributed by atoms with E-state index in [4.69, 9.17) is 0 Å². The molecule has 1 unspecified atom stereocenters. The average Bonchev–Trinajstić information content (AvgIpc) is 3.35. The summed E-state index contributed by atoms with van der Waals surface area (Å²) in [5.74, 6) is -2.88. The van der Waals surface area contributed by atoms with Gasteiger partial charge in [-0.05, 0) is 91.8 Å². The summed E-state index contributed by atoms with van der Waals surface area (Å²) in [7, 11) is 0. The van der Waals surface area contributed by atoms with Crippen molar-refractivity contribution in [2.75, 3.05) is 4.90 Å². The Morgan fingerprint density at radius 2 is 1.30 bits per heavy atom. The molecule has 3 aromatic carbocycles. The van der Waals surface area contributed by atoms with Crippen LogP contribution in [0, 0.1) is 0 Å². The first-order valence-electron chi connectivity index (χ1n) is 13.3. The van der Waals surface area contributed by atoms with Gasteiger partial charge in [0.1, 0.15) is 0 Å². The van der Waals surface area contributed by atoms with E-state index < -0.39 is 23.3 Å². The summed E-state index contributed by atoms with van der Waals surface area (Å²) >= 11 is 0. The van der Waals surface area contributed by atoms with Crippen molar-refractivity contribution in [2.24, 2.45) is 0 Å². The zero-order valence-electron chi connectivity index (χ0n) is 23.1. The summed E-state index contributed by atoms with van der Waals surface area (Å²) in [6.45, 7) is 9.55. The smallest absolute Gasteiger partial charge is 0.335 e. The molecular weight excluding hydrogens is 508 g/mol. The second-order valence-electron chi connectivity index (χ2n) is 11.0. The number of benzene rings is 3. The van der Waals surface area contributed by atoms with E-state index in [-0.39, 0.29) is 40.1 Å². The summed E-state index contributed by atoms with van der Waals surface area (Å²) in [6.07, 6.45) is 1.37. The van der Waals surface area contributed by atoms with E-state index in [1.54, 1.807) is 48.5 Å². The fraction of sp³-hybridized carbons (Fsp3) is 0.281. The van der Waals surface area contributed by atoms with Gasteiger partial charge in [0, 0.05) is 5.54 Å². The zero-order valence-corrected chi connectivity index (χ0v) is 23.1. The lowest BCUT2D eigenvalue weighted by Crippen LogP contribution is -2.47. The maximum Gasteiger partial charge on any atom is 0.335 e. The minimum absolute atomic E-state index is 0.00250. The lowest BCUT2D eigenvalue weighted by Gasteiger charge is -2.32. The van der Waals surface area contributed by atoms with E-state index in [2.05, 4.69) is 0 Å². The van der Waals surface area contributed by atoms with Crippen LogP contribution < -0.4 is 4.90 Å². The molecule has 8 heteroatoms. The second kappa shape index (κ2) is 9.55. The summed E-state index contributed by atoms with van der Waals surface area (Å²) in [4.78, 5) is 67.2. The van der Waals surface area contributed by atoms with Crippen molar-refractivity contribution in [1.29, 1.82) is 0 Å². The molecular formula is C32H30N2O6. The highest BCUT2D eigenvalue weighted by Crippen LogP contribution is 2.37. The number of anilines is 1. The molecule has 0 aromatic heterocycles. The van der Waals surface area contributed by atoms with Gasteiger partial charge in [-0.25, -0.2) is 9.69 Å². The van der Waals surface area contributed by atoms with Crippen molar-refractivity contribution in [3.8, 4) is 11.1 Å². The average molecular weight is 539 g/mol. The first-order chi connectivity index (χ1) is 18.9. The fourth-order valence-electron chi connectivity index (χ4n) is 5.19. The summed E-state index contributed by atoms with van der Waals surface area (Å²) in [6, 6.07) is 14.5. The molecule has 1 atom stereocenters. The molecule has 204 valence electrons. The van der Waals surface area contributed by atoms with E-state index in [1.165, 1.54) is 11.0 Å². The summed E-state index contributed by atoms with van der Waals surface area (Å²) in [5, 5.41) is 9.64. The molecule has 1 N–H and O–H groups in total. The van der Waals surface area contributed by atoms with Crippen molar-refractivity contribution in [3.05, 3.63) is 88.0 Å². The number of carboxylic acid groups (broad SMARTS) is 1. The molecule has 8 nitrogen and oxygen atoms in total. The van der Waals surface area contributed by atoms with Gasteiger partial charge in [0.05, 0.1) is 33.5 Å². The van der Waals surface area contributed by atoms with Crippen molar-refractivity contribution in [1.82, 2.24) is 4.90 Å². The fourth-order valence-corrected chi connectivity index (χ4v) is 5.19. The Bertz CT molecular complexity index is 1640. The molecule has 5 rings (SSSR count). The van der Waals surface area contributed by atoms with Crippen LogP contribution in [-0.4, -0.2) is 45.1 Å². The number of carbonyl (C=O) groups excluding carboxylic acids is 4. The first kappa shape index (κ1) is 27.0. The number of fused-ring (bicyclic) bond motifs is 2. The van der Waals surface area contributed by atoms with Gasteiger partial charge in [-0.3, -0.25) is 24.1 Å². The number of hydrogen-bond donors (Lipinski definition) is 1. The predicted molar refractivity (Wildman–Crippen MR) is 150 cm³/mol. The number of amides is 4. The number of hydrogen-bond acceptors (Lipinski definition) is 5. The molecule has 4 amide bonds. The van der Waals surface area contributed by atoms with Crippen molar-refractivity contribution < 1.29 is 29.1 Å². The Labute approximate surface area is 232 Å². The Hall–Kier alpha value is -4.59. The van der Waals surface area contributed by atoms with Crippen molar-refractivity contribution in [3.63, 3.8) is 0 Å². The van der Waals surface area contributed by atoms with Crippen LogP contribution in [0.15, 0.2) is 54.6 Å². The zero-order chi connectivity index (χ0) is 29.1. The van der Waals surface area contributed by atoms with E-state index in [0.717, 1.165) is 16.9 Å². The van der Waals surface area contributed by atoms with Gasteiger partial charge in [0.25, 0.3) is 23.6 Å². The number of nitrogens with zero attached hydrogens (tertiary/aromatic N) is 2. The highest BCUT2D eigenvalue weighted by Gasteiger charge is 2.43. The van der Waals surface area contributed by atoms with Gasteiger partial charge >= 0.3 is 5.97 Å². The number of carboxylic acids is 1. The molecule has 0 bridgehead atoms. The molecule has 2 aliphatic heterocycles. The van der Waals surface area contributed by atoms with Gasteiger partial charge in [-0.2, -0.15) is 0 Å². The second-order valence-corrected chi connectivity index (χ2v) is 11.0. The molecule has 0 radical (unpaired) electrons. The van der Waals surface area contributed by atoms with Crippen molar-refractivity contribution in [2.45, 2.75) is 58.9 Å². The third-order valence-electron chi connectivity index (χ3n) is 8.20. The Balaban J connectivity index is 1.53. The van der Waals surface area contributed by atoms with Crippen LogP contribution in [0.5, 0.6) is 0 Å². The maximum absolute atomic E-state index is 13.5. The topological polar surface area (TPSA) is 112 Å². The lowest BCUT2D eigenvalue weighted by molar-refractivity contribution is 0.0473. The van der Waals surface area contributed by atoms with Crippen LogP contribution in [0.1, 0.15) is 111 Å². The van der Waals surface area contributed by atoms with Gasteiger partial charge in [0.15, 0.2) is 0 Å². The van der Waals surface area contributed by atoms with Gasteiger partial charge < -0.3 is 5.11 Å². The molecule has 40 heavy (non-hydrogen) atoms.